The fourth-order valence-electron chi connectivity index (χ4n) is 3.57. The molecule has 1 aliphatic heterocycles. The highest BCUT2D eigenvalue weighted by molar-refractivity contribution is 5.59. The molecular formula is C20H17F3N4O2. The first-order chi connectivity index (χ1) is 13.9. The van der Waals surface area contributed by atoms with Crippen molar-refractivity contribution in [2.24, 2.45) is 0 Å². The second kappa shape index (κ2) is 7.23. The molecule has 2 aromatic heterocycles. The van der Waals surface area contributed by atoms with E-state index in [2.05, 4.69) is 15.3 Å². The maximum absolute atomic E-state index is 14.5. The van der Waals surface area contributed by atoms with Crippen LogP contribution < -0.4 is 15.6 Å². The zero-order valence-corrected chi connectivity index (χ0v) is 15.7. The zero-order chi connectivity index (χ0) is 20.7. The van der Waals surface area contributed by atoms with E-state index in [-0.39, 0.29) is 18.1 Å². The van der Waals surface area contributed by atoms with E-state index < -0.39 is 29.1 Å². The lowest BCUT2D eigenvalue weighted by atomic mass is 10.0. The third kappa shape index (κ3) is 3.43. The molecule has 3 aromatic rings. The number of nitrogens with one attached hydrogen (secondary N) is 1. The number of hydrogen-bond donors (Lipinski definition) is 1. The molecule has 0 saturated heterocycles. The van der Waals surface area contributed by atoms with E-state index in [9.17, 15) is 18.0 Å². The molecule has 29 heavy (non-hydrogen) atoms. The minimum Gasteiger partial charge on any atom is -0.495 e. The Kier molecular flexibility index (Phi) is 4.73. The van der Waals surface area contributed by atoms with Crippen LogP contribution in [0.3, 0.4) is 0 Å². The van der Waals surface area contributed by atoms with Gasteiger partial charge in [0.15, 0.2) is 0 Å². The lowest BCUT2D eigenvalue weighted by molar-refractivity contribution is 0.413. The van der Waals surface area contributed by atoms with Crippen molar-refractivity contribution >= 4 is 11.6 Å². The zero-order valence-electron chi connectivity index (χ0n) is 15.7. The largest absolute Gasteiger partial charge is 0.495 e. The Hall–Kier alpha value is -3.36. The maximum atomic E-state index is 14.5. The standard InChI is InChI=1S/C20H17F3N4O2/c1-10-15(8-14(29-2)9-24-10)25-20-26-19(28)18(23)17-4-3-16(27(17)20)11-5-12(21)7-13(22)6-11/h5-9,16H,3-4H2,1-2H3,(H,25,26,28). The number of fused-ring (bicyclic) bond motifs is 1. The first-order valence-corrected chi connectivity index (χ1v) is 8.92. The summed E-state index contributed by atoms with van der Waals surface area (Å²) >= 11 is 0. The normalized spacial score (nSPS) is 15.3. The number of aromatic nitrogens is 3. The predicted octanol–water partition coefficient (Wildman–Crippen LogP) is 3.65. The minimum atomic E-state index is -1.00. The third-order valence-electron chi connectivity index (χ3n) is 4.95. The molecule has 3 heterocycles. The number of benzene rings is 1. The van der Waals surface area contributed by atoms with Gasteiger partial charge in [-0.05, 0) is 37.5 Å². The van der Waals surface area contributed by atoms with Crippen LogP contribution in [-0.4, -0.2) is 21.6 Å². The first kappa shape index (κ1) is 19.0. The summed E-state index contributed by atoms with van der Waals surface area (Å²) in [6, 6.07) is 4.24. The fourth-order valence-corrected chi connectivity index (χ4v) is 3.57. The van der Waals surface area contributed by atoms with Crippen LogP contribution in [0.4, 0.5) is 24.8 Å². The van der Waals surface area contributed by atoms with Crippen molar-refractivity contribution in [3.05, 3.63) is 75.2 Å². The molecule has 1 unspecified atom stereocenters. The van der Waals surface area contributed by atoms with Crippen molar-refractivity contribution in [1.29, 1.82) is 0 Å². The van der Waals surface area contributed by atoms with Gasteiger partial charge in [0.1, 0.15) is 17.4 Å². The van der Waals surface area contributed by atoms with Crippen LogP contribution in [0.1, 0.15) is 29.4 Å². The van der Waals surface area contributed by atoms with Crippen molar-refractivity contribution in [2.45, 2.75) is 25.8 Å². The smallest absolute Gasteiger partial charge is 0.310 e. The van der Waals surface area contributed by atoms with E-state index >= 15 is 0 Å². The van der Waals surface area contributed by atoms with Crippen molar-refractivity contribution < 1.29 is 17.9 Å². The average Bonchev–Trinajstić information content (AvgIpc) is 3.12. The molecule has 150 valence electrons. The first-order valence-electron chi connectivity index (χ1n) is 8.92. The number of pyridine rings is 1. The maximum Gasteiger partial charge on any atom is 0.310 e. The summed E-state index contributed by atoms with van der Waals surface area (Å²) in [6.07, 6.45) is 2.14. The Labute approximate surface area is 164 Å². The molecule has 1 aromatic carbocycles. The van der Waals surface area contributed by atoms with Crippen LogP contribution >= 0.6 is 0 Å². The monoisotopic (exact) mass is 402 g/mol. The highest BCUT2D eigenvalue weighted by atomic mass is 19.1. The number of nitrogens with zero attached hydrogens (tertiary/aromatic N) is 3. The lowest BCUT2D eigenvalue weighted by Crippen LogP contribution is -2.23. The summed E-state index contributed by atoms with van der Waals surface area (Å²) in [6.45, 7) is 1.74. The van der Waals surface area contributed by atoms with Gasteiger partial charge in [-0.2, -0.15) is 9.37 Å². The van der Waals surface area contributed by atoms with Gasteiger partial charge in [0.25, 0.3) is 0 Å². The Morgan fingerprint density at radius 1 is 1.17 bits per heavy atom. The second-order valence-electron chi connectivity index (χ2n) is 6.76. The third-order valence-corrected chi connectivity index (χ3v) is 4.95. The molecule has 0 radical (unpaired) electrons. The number of halogens is 3. The highest BCUT2D eigenvalue weighted by Crippen LogP contribution is 2.36. The summed E-state index contributed by atoms with van der Waals surface area (Å²) in [5.41, 5.74) is 0.572. The number of ether oxygens (including phenoxy) is 1. The number of rotatable bonds is 4. The molecule has 0 saturated carbocycles. The van der Waals surface area contributed by atoms with Gasteiger partial charge in [-0.3, -0.25) is 9.78 Å². The van der Waals surface area contributed by atoms with Crippen LogP contribution in [0.25, 0.3) is 0 Å². The fraction of sp³-hybridized carbons (Fsp3) is 0.250. The van der Waals surface area contributed by atoms with E-state index in [4.69, 9.17) is 4.74 Å². The van der Waals surface area contributed by atoms with Gasteiger partial charge in [0, 0.05) is 12.1 Å². The van der Waals surface area contributed by atoms with Crippen LogP contribution in [-0.2, 0) is 6.42 Å². The Morgan fingerprint density at radius 2 is 1.90 bits per heavy atom. The van der Waals surface area contributed by atoms with Gasteiger partial charge < -0.3 is 14.6 Å². The quantitative estimate of drug-likeness (QED) is 0.722. The second-order valence-corrected chi connectivity index (χ2v) is 6.76. The molecule has 1 atom stereocenters. The summed E-state index contributed by atoms with van der Waals surface area (Å²) in [5, 5.41) is 3.00. The summed E-state index contributed by atoms with van der Waals surface area (Å²) < 4.78 is 48.6. The summed E-state index contributed by atoms with van der Waals surface area (Å²) in [5.74, 6) is -1.88. The predicted molar refractivity (Wildman–Crippen MR) is 100 cm³/mol. The van der Waals surface area contributed by atoms with E-state index in [0.717, 1.165) is 6.07 Å². The molecule has 0 bridgehead atoms. The van der Waals surface area contributed by atoms with Gasteiger partial charge in [-0.25, -0.2) is 8.78 Å². The SMILES string of the molecule is COc1cnc(C)c(Nc2nc(=O)c(F)c3n2C(c2cc(F)cc(F)c2)CC3)c1. The van der Waals surface area contributed by atoms with Gasteiger partial charge in [-0.15, -0.1) is 0 Å². The van der Waals surface area contributed by atoms with Crippen LogP contribution in [0, 0.1) is 24.4 Å². The van der Waals surface area contributed by atoms with E-state index in [0.29, 0.717) is 29.1 Å². The van der Waals surface area contributed by atoms with Crippen molar-refractivity contribution in [3.8, 4) is 5.75 Å². The van der Waals surface area contributed by atoms with Crippen molar-refractivity contribution in [1.82, 2.24) is 14.5 Å². The summed E-state index contributed by atoms with van der Waals surface area (Å²) in [7, 11) is 1.49. The molecule has 0 aliphatic carbocycles. The molecular weight excluding hydrogens is 385 g/mol. The van der Waals surface area contributed by atoms with Crippen molar-refractivity contribution in [2.75, 3.05) is 12.4 Å². The molecule has 4 rings (SSSR count). The van der Waals surface area contributed by atoms with Crippen LogP contribution in [0.5, 0.6) is 5.75 Å². The topological polar surface area (TPSA) is 69.0 Å². The molecule has 9 heteroatoms. The number of aryl methyl sites for hydroxylation is 1. The molecule has 1 aliphatic rings. The molecule has 0 amide bonds. The van der Waals surface area contributed by atoms with Gasteiger partial charge in [0.05, 0.1) is 36.4 Å². The van der Waals surface area contributed by atoms with Crippen LogP contribution in [0.2, 0.25) is 0 Å². The van der Waals surface area contributed by atoms with Gasteiger partial charge >= 0.3 is 5.56 Å². The number of anilines is 2. The van der Waals surface area contributed by atoms with E-state index in [1.165, 1.54) is 30.0 Å². The number of methoxy groups -OCH3 is 1. The van der Waals surface area contributed by atoms with Gasteiger partial charge in [-0.1, -0.05) is 0 Å². The van der Waals surface area contributed by atoms with Crippen LogP contribution in [0.15, 0.2) is 35.3 Å². The summed E-state index contributed by atoms with van der Waals surface area (Å²) in [4.78, 5) is 20.1. The average molecular weight is 402 g/mol. The van der Waals surface area contributed by atoms with Crippen molar-refractivity contribution in [3.63, 3.8) is 0 Å². The lowest BCUT2D eigenvalue weighted by Gasteiger charge is -2.21. The Morgan fingerprint density at radius 3 is 2.59 bits per heavy atom. The van der Waals surface area contributed by atoms with E-state index in [1.807, 2.05) is 0 Å². The van der Waals surface area contributed by atoms with E-state index in [1.54, 1.807) is 13.0 Å². The minimum absolute atomic E-state index is 0.0664. The Bertz CT molecular complexity index is 1140. The number of hydrogen-bond acceptors (Lipinski definition) is 5. The van der Waals surface area contributed by atoms with Gasteiger partial charge in [0.2, 0.25) is 11.8 Å². The Balaban J connectivity index is 1.86. The molecule has 1 N–H and O–H groups in total. The molecule has 0 fully saturated rings. The highest BCUT2D eigenvalue weighted by Gasteiger charge is 2.31. The molecule has 0 spiro atoms. The molecule has 6 nitrogen and oxygen atoms in total.